The van der Waals surface area contributed by atoms with E-state index >= 15 is 0 Å². The van der Waals surface area contributed by atoms with Gasteiger partial charge in [0.25, 0.3) is 0 Å². The molecule has 0 saturated carbocycles. The highest BCUT2D eigenvalue weighted by Gasteiger charge is 2.14. The van der Waals surface area contributed by atoms with Gasteiger partial charge in [0, 0.05) is 17.0 Å². The number of halogens is 4. The van der Waals surface area contributed by atoms with Crippen molar-refractivity contribution < 1.29 is 9.47 Å². The molecule has 0 aromatic heterocycles. The van der Waals surface area contributed by atoms with E-state index in [9.17, 15) is 0 Å². The highest BCUT2D eigenvalue weighted by molar-refractivity contribution is 9.09. The van der Waals surface area contributed by atoms with Gasteiger partial charge in [0.1, 0.15) is 22.6 Å². The van der Waals surface area contributed by atoms with Gasteiger partial charge in [0.05, 0.1) is 11.6 Å². The van der Waals surface area contributed by atoms with E-state index in [0.717, 1.165) is 23.1 Å². The molecule has 0 spiro atoms. The normalized spacial score (nSPS) is 10.6. The maximum absolute atomic E-state index is 6.31. The first-order chi connectivity index (χ1) is 9.95. The van der Waals surface area contributed by atoms with Gasteiger partial charge < -0.3 is 9.47 Å². The lowest BCUT2D eigenvalue weighted by Gasteiger charge is -2.17. The van der Waals surface area contributed by atoms with E-state index in [0.29, 0.717) is 24.0 Å². The van der Waals surface area contributed by atoms with Crippen molar-refractivity contribution in [1.29, 1.82) is 0 Å². The number of ether oxygens (including phenoxy) is 2. The maximum Gasteiger partial charge on any atom is 0.141 e. The molecule has 0 amide bonds. The molecular formula is C15H18BrCl3O2. The summed E-state index contributed by atoms with van der Waals surface area (Å²) in [5.74, 6) is 1.67. The van der Waals surface area contributed by atoms with Crippen LogP contribution in [0.15, 0.2) is 22.7 Å². The zero-order valence-corrected chi connectivity index (χ0v) is 15.8. The third-order valence-electron chi connectivity index (χ3n) is 2.68. The molecule has 0 aliphatic carbocycles. The van der Waals surface area contributed by atoms with Crippen LogP contribution in [0.4, 0.5) is 0 Å². The summed E-state index contributed by atoms with van der Waals surface area (Å²) in [6.07, 6.45) is 2.50. The number of rotatable bonds is 8. The van der Waals surface area contributed by atoms with Crippen LogP contribution in [0.5, 0.6) is 11.5 Å². The van der Waals surface area contributed by atoms with Crippen molar-refractivity contribution in [1.82, 2.24) is 0 Å². The Bertz CT molecular complexity index is 486. The minimum absolute atomic E-state index is 0.180. The molecule has 0 aliphatic rings. The largest absolute Gasteiger partial charge is 0.492 e. The van der Waals surface area contributed by atoms with Gasteiger partial charge in [-0.15, -0.1) is 0 Å². The molecule has 0 aliphatic heterocycles. The van der Waals surface area contributed by atoms with Crippen molar-refractivity contribution >= 4 is 50.7 Å². The molecule has 0 unspecified atom stereocenters. The van der Waals surface area contributed by atoms with E-state index in [1.54, 1.807) is 12.1 Å². The maximum atomic E-state index is 6.31. The van der Waals surface area contributed by atoms with Crippen LogP contribution in [0, 0.1) is 0 Å². The van der Waals surface area contributed by atoms with E-state index in [1.807, 2.05) is 6.07 Å². The highest BCUT2D eigenvalue weighted by atomic mass is 79.9. The lowest BCUT2D eigenvalue weighted by atomic mass is 10.0. The standard InChI is InChI=1S/C15H18BrCl3O2/c1-10(2)12-8-11(20-7-4-14(18)19)9-13(17)15(12)21-6-3-5-16/h4,8-10H,3,5-7H2,1-2H3. The second-order valence-electron chi connectivity index (χ2n) is 4.67. The smallest absolute Gasteiger partial charge is 0.141 e. The van der Waals surface area contributed by atoms with Gasteiger partial charge >= 0.3 is 0 Å². The number of hydrogen-bond acceptors (Lipinski definition) is 2. The minimum atomic E-state index is 0.180. The summed E-state index contributed by atoms with van der Waals surface area (Å²) >= 11 is 20.8. The SMILES string of the molecule is CC(C)c1cc(OCC=C(Cl)Cl)cc(Cl)c1OCCCBr. The van der Waals surface area contributed by atoms with Crippen molar-refractivity contribution in [3.63, 3.8) is 0 Å². The Morgan fingerprint density at radius 1 is 1.29 bits per heavy atom. The molecule has 1 aromatic carbocycles. The predicted octanol–water partition coefficient (Wildman–Crippen LogP) is 6.33. The Morgan fingerprint density at radius 3 is 2.57 bits per heavy atom. The summed E-state index contributed by atoms with van der Waals surface area (Å²) in [6, 6.07) is 3.68. The quantitative estimate of drug-likeness (QED) is 0.364. The first-order valence-electron chi connectivity index (χ1n) is 6.61. The van der Waals surface area contributed by atoms with Crippen molar-refractivity contribution in [2.45, 2.75) is 26.2 Å². The molecule has 0 radical (unpaired) electrons. The van der Waals surface area contributed by atoms with Crippen LogP contribution in [0.2, 0.25) is 5.02 Å². The van der Waals surface area contributed by atoms with Crippen molar-refractivity contribution in [3.05, 3.63) is 33.3 Å². The lowest BCUT2D eigenvalue weighted by Crippen LogP contribution is -2.04. The predicted molar refractivity (Wildman–Crippen MR) is 94.7 cm³/mol. The van der Waals surface area contributed by atoms with Crippen LogP contribution in [-0.2, 0) is 0 Å². The van der Waals surface area contributed by atoms with Gasteiger partial charge in [0.15, 0.2) is 0 Å². The van der Waals surface area contributed by atoms with E-state index in [1.165, 1.54) is 0 Å². The van der Waals surface area contributed by atoms with Crippen LogP contribution in [-0.4, -0.2) is 18.5 Å². The average molecular weight is 417 g/mol. The van der Waals surface area contributed by atoms with Gasteiger partial charge in [-0.2, -0.15) is 0 Å². The molecule has 0 N–H and O–H groups in total. The summed E-state index contributed by atoms with van der Waals surface area (Å²) < 4.78 is 11.6. The highest BCUT2D eigenvalue weighted by Crippen LogP contribution is 2.37. The minimum Gasteiger partial charge on any atom is -0.492 e. The molecule has 118 valence electrons. The topological polar surface area (TPSA) is 18.5 Å². The van der Waals surface area contributed by atoms with Crippen molar-refractivity contribution in [2.24, 2.45) is 0 Å². The van der Waals surface area contributed by atoms with Crippen LogP contribution in [0.25, 0.3) is 0 Å². The molecule has 6 heteroatoms. The molecule has 0 fully saturated rings. The molecule has 0 atom stereocenters. The summed E-state index contributed by atoms with van der Waals surface area (Å²) in [5, 5.41) is 1.45. The second kappa shape index (κ2) is 9.83. The van der Waals surface area contributed by atoms with E-state index in [-0.39, 0.29) is 10.4 Å². The zero-order chi connectivity index (χ0) is 15.8. The molecule has 2 nitrogen and oxygen atoms in total. The first kappa shape index (κ1) is 19.0. The molecule has 0 saturated heterocycles. The molecule has 21 heavy (non-hydrogen) atoms. The van der Waals surface area contributed by atoms with Crippen LogP contribution in [0.1, 0.15) is 31.7 Å². The van der Waals surface area contributed by atoms with E-state index in [2.05, 4.69) is 29.8 Å². The Hall–Kier alpha value is -0.0900. The molecular weight excluding hydrogens is 398 g/mol. The third kappa shape index (κ3) is 6.68. The van der Waals surface area contributed by atoms with Crippen molar-refractivity contribution in [2.75, 3.05) is 18.5 Å². The van der Waals surface area contributed by atoms with Crippen LogP contribution < -0.4 is 9.47 Å². The summed E-state index contributed by atoms with van der Waals surface area (Å²) in [7, 11) is 0. The molecule has 0 heterocycles. The number of benzene rings is 1. The van der Waals surface area contributed by atoms with Gasteiger partial charge in [-0.3, -0.25) is 0 Å². The van der Waals surface area contributed by atoms with Crippen molar-refractivity contribution in [3.8, 4) is 11.5 Å². The second-order valence-corrected chi connectivity index (χ2v) is 6.88. The first-order valence-corrected chi connectivity index (χ1v) is 8.87. The Balaban J connectivity index is 2.92. The summed E-state index contributed by atoms with van der Waals surface area (Å²) in [6.45, 7) is 5.08. The van der Waals surface area contributed by atoms with Gasteiger partial charge in [-0.25, -0.2) is 0 Å². The monoisotopic (exact) mass is 414 g/mol. The van der Waals surface area contributed by atoms with Crippen LogP contribution >= 0.6 is 50.7 Å². The number of hydrogen-bond donors (Lipinski definition) is 0. The fourth-order valence-corrected chi connectivity index (χ4v) is 2.31. The van der Waals surface area contributed by atoms with Gasteiger partial charge in [0.2, 0.25) is 0 Å². The Labute approximate surface area is 149 Å². The van der Waals surface area contributed by atoms with Gasteiger partial charge in [-0.05, 0) is 24.5 Å². The summed E-state index contributed by atoms with van der Waals surface area (Å²) in [5.41, 5.74) is 1.02. The van der Waals surface area contributed by atoms with Gasteiger partial charge in [-0.1, -0.05) is 64.6 Å². The third-order valence-corrected chi connectivity index (χ3v) is 3.83. The average Bonchev–Trinajstić information content (AvgIpc) is 2.40. The Morgan fingerprint density at radius 2 is 2.00 bits per heavy atom. The molecule has 0 bridgehead atoms. The zero-order valence-electron chi connectivity index (χ0n) is 12.0. The van der Waals surface area contributed by atoms with E-state index < -0.39 is 0 Å². The summed E-state index contributed by atoms with van der Waals surface area (Å²) in [4.78, 5) is 0. The fourth-order valence-electron chi connectivity index (χ4n) is 1.68. The van der Waals surface area contributed by atoms with Crippen LogP contribution in [0.3, 0.4) is 0 Å². The molecule has 1 rings (SSSR count). The van der Waals surface area contributed by atoms with E-state index in [4.69, 9.17) is 44.3 Å². The lowest BCUT2D eigenvalue weighted by molar-refractivity contribution is 0.312. The Kier molecular flexibility index (Phi) is 8.88. The fraction of sp³-hybridized carbons (Fsp3) is 0.467. The number of alkyl halides is 1. The molecule has 1 aromatic rings.